The minimum atomic E-state index is -0.338. The zero-order valence-corrected chi connectivity index (χ0v) is 24.2. The predicted octanol–water partition coefficient (Wildman–Crippen LogP) is 8.57. The monoisotopic (exact) mass is 517 g/mol. The van der Waals surface area contributed by atoms with Crippen LogP contribution in [0.3, 0.4) is 0 Å². The maximum atomic E-state index is 11.3. The average molecular weight is 518 g/mol. The van der Waals surface area contributed by atoms with Gasteiger partial charge in [0, 0.05) is 12.1 Å². The fraction of sp³-hybridized carbons (Fsp3) is 0.758. The Kier molecular flexibility index (Phi) is 6.59. The number of nitro benzene ring substituents is 1. The van der Waals surface area contributed by atoms with Gasteiger partial charge in [-0.05, 0) is 110 Å². The van der Waals surface area contributed by atoms with Gasteiger partial charge < -0.3 is 0 Å². The van der Waals surface area contributed by atoms with Crippen LogP contribution in [-0.4, -0.2) is 14.9 Å². The summed E-state index contributed by atoms with van der Waals surface area (Å²) in [4.78, 5) is 21.0. The Morgan fingerprint density at radius 3 is 2.47 bits per heavy atom. The molecule has 0 bridgehead atoms. The van der Waals surface area contributed by atoms with E-state index in [9.17, 15) is 10.1 Å². The van der Waals surface area contributed by atoms with E-state index in [1.165, 1.54) is 57.8 Å². The van der Waals surface area contributed by atoms with Crippen LogP contribution in [0.5, 0.6) is 0 Å². The molecule has 0 radical (unpaired) electrons. The summed E-state index contributed by atoms with van der Waals surface area (Å²) in [6.07, 6.45) is 14.5. The summed E-state index contributed by atoms with van der Waals surface area (Å²) in [5, 5.41) is 11.3. The molecule has 4 aliphatic carbocycles. The van der Waals surface area contributed by atoms with Crippen molar-refractivity contribution in [2.24, 2.45) is 52.3 Å². The van der Waals surface area contributed by atoms with Gasteiger partial charge in [-0.25, -0.2) is 9.97 Å². The quantitative estimate of drug-likeness (QED) is 0.284. The van der Waals surface area contributed by atoms with E-state index in [1.54, 1.807) is 18.2 Å². The summed E-state index contributed by atoms with van der Waals surface area (Å²) in [5.41, 5.74) is 4.63. The van der Waals surface area contributed by atoms with E-state index < -0.39 is 0 Å². The Bertz CT molecular complexity index is 1230. The highest BCUT2D eigenvalue weighted by Crippen LogP contribution is 2.67. The van der Waals surface area contributed by atoms with Gasteiger partial charge >= 0.3 is 0 Å². The van der Waals surface area contributed by atoms with Gasteiger partial charge in [0.2, 0.25) is 0 Å². The highest BCUT2D eigenvalue weighted by atomic mass is 16.6. The molecule has 4 aliphatic rings. The molecule has 206 valence electrons. The van der Waals surface area contributed by atoms with Crippen molar-refractivity contribution in [3.63, 3.8) is 0 Å². The molecule has 1 aromatic heterocycles. The third kappa shape index (κ3) is 4.18. The first-order chi connectivity index (χ1) is 18.1. The summed E-state index contributed by atoms with van der Waals surface area (Å²) in [5.74, 6) is 5.77. The molecule has 0 aliphatic heterocycles. The molecule has 0 spiro atoms. The molecule has 5 nitrogen and oxygen atoms in total. The molecule has 2 aromatic rings. The first-order valence-corrected chi connectivity index (χ1v) is 15.5. The van der Waals surface area contributed by atoms with Crippen molar-refractivity contribution in [1.82, 2.24) is 9.97 Å². The van der Waals surface area contributed by atoms with Gasteiger partial charge in [0.15, 0.2) is 0 Å². The topological polar surface area (TPSA) is 68.9 Å². The molecular weight excluding hydrogens is 470 g/mol. The van der Waals surface area contributed by atoms with Crippen LogP contribution in [-0.2, 0) is 12.8 Å². The molecule has 3 saturated carbocycles. The highest BCUT2D eigenvalue weighted by Gasteiger charge is 2.60. The number of non-ortho nitro benzene ring substituents is 1. The first-order valence-electron chi connectivity index (χ1n) is 15.5. The van der Waals surface area contributed by atoms with Crippen molar-refractivity contribution < 1.29 is 4.92 Å². The SMILES string of the molecule is CC(C)CCCC(C)C1CCC2C3CCC4Cc5nc6cc([N+](=O)[O-])ccc6nc5CC4(C)C3CCC12C. The van der Waals surface area contributed by atoms with Crippen molar-refractivity contribution in [2.45, 2.75) is 105 Å². The van der Waals surface area contributed by atoms with Crippen LogP contribution < -0.4 is 0 Å². The molecule has 1 heterocycles. The van der Waals surface area contributed by atoms with Crippen LogP contribution in [0.1, 0.15) is 104 Å². The van der Waals surface area contributed by atoms with Gasteiger partial charge in [-0.3, -0.25) is 10.1 Å². The number of fused-ring (bicyclic) bond motifs is 7. The Morgan fingerprint density at radius 2 is 1.71 bits per heavy atom. The van der Waals surface area contributed by atoms with Gasteiger partial charge in [-0.2, -0.15) is 0 Å². The molecular formula is C33H47N3O2. The van der Waals surface area contributed by atoms with Crippen LogP contribution in [0.2, 0.25) is 0 Å². The van der Waals surface area contributed by atoms with Crippen molar-refractivity contribution in [1.29, 1.82) is 0 Å². The van der Waals surface area contributed by atoms with Crippen molar-refractivity contribution >= 4 is 16.7 Å². The van der Waals surface area contributed by atoms with Crippen molar-refractivity contribution in [2.75, 3.05) is 0 Å². The molecule has 8 atom stereocenters. The van der Waals surface area contributed by atoms with Crippen molar-refractivity contribution in [3.05, 3.63) is 39.7 Å². The van der Waals surface area contributed by atoms with E-state index in [4.69, 9.17) is 9.97 Å². The number of nitro groups is 1. The largest absolute Gasteiger partial charge is 0.271 e. The number of aromatic nitrogens is 2. The Balaban J connectivity index is 1.23. The summed E-state index contributed by atoms with van der Waals surface area (Å²) < 4.78 is 0. The third-order valence-electron chi connectivity index (χ3n) is 12.3. The zero-order valence-electron chi connectivity index (χ0n) is 24.2. The average Bonchev–Trinajstić information content (AvgIpc) is 3.22. The van der Waals surface area contributed by atoms with Crippen LogP contribution in [0, 0.1) is 62.4 Å². The Morgan fingerprint density at radius 1 is 0.947 bits per heavy atom. The molecule has 1 aromatic carbocycles. The van der Waals surface area contributed by atoms with E-state index in [-0.39, 0.29) is 10.6 Å². The molecule has 3 fully saturated rings. The minimum Gasteiger partial charge on any atom is -0.258 e. The summed E-state index contributed by atoms with van der Waals surface area (Å²) >= 11 is 0. The summed E-state index contributed by atoms with van der Waals surface area (Å²) in [6, 6.07) is 4.94. The lowest BCUT2D eigenvalue weighted by Gasteiger charge is -2.60. The molecule has 0 saturated heterocycles. The van der Waals surface area contributed by atoms with E-state index in [0.717, 1.165) is 65.3 Å². The number of nitrogens with zero attached hydrogens (tertiary/aromatic N) is 3. The fourth-order valence-electron chi connectivity index (χ4n) is 10.3. The number of hydrogen-bond acceptors (Lipinski definition) is 4. The van der Waals surface area contributed by atoms with Crippen molar-refractivity contribution in [3.8, 4) is 0 Å². The lowest BCUT2D eigenvalue weighted by atomic mass is 9.44. The molecule has 5 heteroatoms. The predicted molar refractivity (Wildman–Crippen MR) is 153 cm³/mol. The van der Waals surface area contributed by atoms with Gasteiger partial charge in [0.25, 0.3) is 5.69 Å². The van der Waals surface area contributed by atoms with E-state index in [1.807, 2.05) is 0 Å². The number of benzene rings is 1. The van der Waals surface area contributed by atoms with E-state index in [2.05, 4.69) is 34.6 Å². The molecule has 38 heavy (non-hydrogen) atoms. The van der Waals surface area contributed by atoms with Crippen LogP contribution in [0.15, 0.2) is 18.2 Å². The molecule has 0 N–H and O–H groups in total. The first kappa shape index (κ1) is 26.2. The fourth-order valence-corrected chi connectivity index (χ4v) is 10.3. The standard InChI is InChI=1S/C33H47N3O2/c1-20(2)7-6-8-21(3)25-12-13-26-24-11-9-22-17-29-31(19-33(22,5)27(24)15-16-32(25,26)4)34-28-14-10-23(36(37)38)18-30(28)35-29/h10,14,18,20-22,24-27H,6-9,11-13,15-17,19H2,1-5H3. The lowest BCUT2D eigenvalue weighted by molar-refractivity contribution is -0.384. The third-order valence-corrected chi connectivity index (χ3v) is 12.3. The Labute approximate surface area is 228 Å². The zero-order chi connectivity index (χ0) is 26.8. The second kappa shape index (κ2) is 9.55. The maximum Gasteiger partial charge on any atom is 0.271 e. The van der Waals surface area contributed by atoms with Crippen LogP contribution in [0.25, 0.3) is 11.0 Å². The van der Waals surface area contributed by atoms with Gasteiger partial charge in [-0.1, -0.05) is 53.9 Å². The second-order valence-electron chi connectivity index (χ2n) is 14.6. The van der Waals surface area contributed by atoms with Gasteiger partial charge in [0.05, 0.1) is 27.3 Å². The van der Waals surface area contributed by atoms with Crippen LogP contribution in [0.4, 0.5) is 5.69 Å². The highest BCUT2D eigenvalue weighted by molar-refractivity contribution is 5.77. The molecule has 8 unspecified atom stereocenters. The minimum absolute atomic E-state index is 0.0993. The second-order valence-corrected chi connectivity index (χ2v) is 14.6. The maximum absolute atomic E-state index is 11.3. The summed E-state index contributed by atoms with van der Waals surface area (Å²) in [6.45, 7) is 12.6. The number of rotatable bonds is 6. The molecule has 0 amide bonds. The normalized spacial score (nSPS) is 36.8. The summed E-state index contributed by atoms with van der Waals surface area (Å²) in [7, 11) is 0. The Hall–Kier alpha value is -2.04. The molecule has 6 rings (SSSR count). The van der Waals surface area contributed by atoms with E-state index in [0.29, 0.717) is 22.3 Å². The smallest absolute Gasteiger partial charge is 0.258 e. The lowest BCUT2D eigenvalue weighted by Crippen LogP contribution is -2.54. The number of hydrogen-bond donors (Lipinski definition) is 0. The van der Waals surface area contributed by atoms with Crippen LogP contribution >= 0.6 is 0 Å². The van der Waals surface area contributed by atoms with Gasteiger partial charge in [0.1, 0.15) is 0 Å². The van der Waals surface area contributed by atoms with E-state index >= 15 is 0 Å². The van der Waals surface area contributed by atoms with Gasteiger partial charge in [-0.15, -0.1) is 0 Å².